The molecule has 0 N–H and O–H groups in total. The minimum Gasteiger partial charge on any atom is -0.351 e. The molecule has 1 aromatic carbocycles. The van der Waals surface area contributed by atoms with Crippen molar-refractivity contribution in [3.8, 4) is 6.07 Å². The molecular formula is C18H20ClN5O2S. The molecule has 0 saturated carbocycles. The topological polar surface area (TPSA) is 90.2 Å². The molecule has 2 heterocycles. The molecule has 142 valence electrons. The Kier molecular flexibility index (Phi) is 5.38. The van der Waals surface area contributed by atoms with Crippen molar-refractivity contribution in [1.29, 1.82) is 5.26 Å². The molecule has 1 aliphatic rings. The molecule has 27 heavy (non-hydrogen) atoms. The Balaban J connectivity index is 1.83. The maximum atomic E-state index is 13.0. The van der Waals surface area contributed by atoms with Crippen molar-refractivity contribution in [2.24, 2.45) is 0 Å². The van der Waals surface area contributed by atoms with Crippen LogP contribution in [-0.4, -0.2) is 49.1 Å². The van der Waals surface area contributed by atoms with Gasteiger partial charge in [0.05, 0.1) is 10.6 Å². The van der Waals surface area contributed by atoms with Gasteiger partial charge in [0.15, 0.2) is 5.82 Å². The fourth-order valence-corrected chi connectivity index (χ4v) is 5.00. The summed E-state index contributed by atoms with van der Waals surface area (Å²) in [6, 6.07) is 7.08. The number of rotatable bonds is 3. The maximum Gasteiger partial charge on any atom is 0.243 e. The predicted octanol–water partition coefficient (Wildman–Crippen LogP) is 2.44. The number of aromatic nitrogens is 2. The van der Waals surface area contributed by atoms with Crippen molar-refractivity contribution in [3.63, 3.8) is 0 Å². The van der Waals surface area contributed by atoms with Gasteiger partial charge < -0.3 is 4.90 Å². The summed E-state index contributed by atoms with van der Waals surface area (Å²) in [5.41, 5.74) is 2.55. The van der Waals surface area contributed by atoms with E-state index in [4.69, 9.17) is 11.6 Å². The van der Waals surface area contributed by atoms with E-state index in [0.717, 1.165) is 5.56 Å². The van der Waals surface area contributed by atoms with Crippen LogP contribution in [0.2, 0.25) is 5.02 Å². The summed E-state index contributed by atoms with van der Waals surface area (Å²) >= 11 is 6.09. The summed E-state index contributed by atoms with van der Waals surface area (Å²) in [7, 11) is -3.63. The molecule has 1 aromatic heterocycles. The smallest absolute Gasteiger partial charge is 0.243 e. The molecule has 0 atom stereocenters. The van der Waals surface area contributed by atoms with Crippen LogP contribution in [0.5, 0.6) is 0 Å². The Labute approximate surface area is 164 Å². The summed E-state index contributed by atoms with van der Waals surface area (Å²) < 4.78 is 27.4. The largest absolute Gasteiger partial charge is 0.351 e. The van der Waals surface area contributed by atoms with Crippen LogP contribution in [0.15, 0.2) is 23.1 Å². The summed E-state index contributed by atoms with van der Waals surface area (Å²) in [5.74, 6) is 0.511. The number of sulfonamides is 1. The van der Waals surface area contributed by atoms with Gasteiger partial charge in [-0.05, 0) is 44.0 Å². The van der Waals surface area contributed by atoms with Gasteiger partial charge in [-0.25, -0.2) is 8.42 Å². The average molecular weight is 406 g/mol. The molecule has 7 nitrogen and oxygen atoms in total. The standard InChI is InChI=1S/C18H20ClN5O2S/c1-12-14(3)21-22-18(15(12)11-20)23-7-9-24(10-8-23)27(25,26)17-6-4-5-16(19)13(17)2/h4-6H,7-10H2,1-3H3. The Hall–Kier alpha value is -2.21. The lowest BCUT2D eigenvalue weighted by Gasteiger charge is -2.35. The number of benzene rings is 1. The molecule has 1 fully saturated rings. The highest BCUT2D eigenvalue weighted by Crippen LogP contribution is 2.28. The van der Waals surface area contributed by atoms with Crippen LogP contribution in [0.25, 0.3) is 0 Å². The van der Waals surface area contributed by atoms with Crippen molar-refractivity contribution < 1.29 is 8.42 Å². The van der Waals surface area contributed by atoms with Crippen LogP contribution in [0, 0.1) is 32.1 Å². The SMILES string of the molecule is Cc1nnc(N2CCN(S(=O)(=O)c3cccc(Cl)c3C)CC2)c(C#N)c1C. The average Bonchev–Trinajstić information content (AvgIpc) is 2.66. The molecule has 0 amide bonds. The normalized spacial score (nSPS) is 15.6. The number of hydrogen-bond donors (Lipinski definition) is 0. The van der Waals surface area contributed by atoms with Gasteiger partial charge in [-0.2, -0.15) is 14.7 Å². The van der Waals surface area contributed by atoms with E-state index in [1.807, 2.05) is 18.7 Å². The van der Waals surface area contributed by atoms with Crippen molar-refractivity contribution in [2.45, 2.75) is 25.7 Å². The highest BCUT2D eigenvalue weighted by molar-refractivity contribution is 7.89. The number of nitriles is 1. The van der Waals surface area contributed by atoms with Gasteiger partial charge >= 0.3 is 0 Å². The van der Waals surface area contributed by atoms with Gasteiger partial charge in [-0.15, -0.1) is 5.10 Å². The van der Waals surface area contributed by atoms with E-state index in [1.165, 1.54) is 4.31 Å². The first kappa shape index (κ1) is 19.5. The second-order valence-electron chi connectivity index (χ2n) is 6.47. The molecule has 0 bridgehead atoms. The summed E-state index contributed by atoms with van der Waals surface area (Å²) in [5, 5.41) is 18.2. The first-order valence-corrected chi connectivity index (χ1v) is 10.3. The maximum absolute atomic E-state index is 13.0. The summed E-state index contributed by atoms with van der Waals surface area (Å²) in [4.78, 5) is 2.14. The number of piperazine rings is 1. The molecule has 0 aliphatic carbocycles. The van der Waals surface area contributed by atoms with Crippen LogP contribution in [-0.2, 0) is 10.0 Å². The minimum absolute atomic E-state index is 0.229. The Bertz CT molecular complexity index is 1020. The summed E-state index contributed by atoms with van der Waals surface area (Å²) in [6.07, 6.45) is 0. The zero-order valence-corrected chi connectivity index (χ0v) is 17.0. The lowest BCUT2D eigenvalue weighted by molar-refractivity contribution is 0.383. The van der Waals surface area contributed by atoms with E-state index >= 15 is 0 Å². The van der Waals surface area contributed by atoms with E-state index in [-0.39, 0.29) is 4.90 Å². The lowest BCUT2D eigenvalue weighted by atomic mass is 10.1. The van der Waals surface area contributed by atoms with Gasteiger partial charge in [0.2, 0.25) is 10.0 Å². The fourth-order valence-electron chi connectivity index (χ4n) is 3.10. The van der Waals surface area contributed by atoms with Gasteiger partial charge in [-0.3, -0.25) is 0 Å². The van der Waals surface area contributed by atoms with Crippen LogP contribution in [0.1, 0.15) is 22.4 Å². The highest BCUT2D eigenvalue weighted by atomic mass is 35.5. The van der Waals surface area contributed by atoms with Gasteiger partial charge in [-0.1, -0.05) is 17.7 Å². The quantitative estimate of drug-likeness (QED) is 0.778. The molecular weight excluding hydrogens is 386 g/mol. The molecule has 9 heteroatoms. The number of hydrogen-bond acceptors (Lipinski definition) is 6. The van der Waals surface area contributed by atoms with Crippen LogP contribution in [0.3, 0.4) is 0 Å². The zero-order valence-electron chi connectivity index (χ0n) is 15.4. The molecule has 1 saturated heterocycles. The van der Waals surface area contributed by atoms with Gasteiger partial charge in [0.1, 0.15) is 11.6 Å². The molecule has 3 rings (SSSR count). The van der Waals surface area contributed by atoms with Crippen LogP contribution < -0.4 is 4.90 Å². The number of anilines is 1. The second kappa shape index (κ2) is 7.43. The monoisotopic (exact) mass is 405 g/mol. The van der Waals surface area contributed by atoms with E-state index in [1.54, 1.807) is 25.1 Å². The van der Waals surface area contributed by atoms with Gasteiger partial charge in [0, 0.05) is 31.2 Å². The molecule has 0 unspecified atom stereocenters. The Morgan fingerprint density at radius 1 is 1.07 bits per heavy atom. The number of halogens is 1. The van der Waals surface area contributed by atoms with Crippen LogP contribution in [0.4, 0.5) is 5.82 Å². The molecule has 0 spiro atoms. The van der Waals surface area contributed by atoms with E-state index in [9.17, 15) is 13.7 Å². The van der Waals surface area contributed by atoms with Crippen molar-refractivity contribution in [2.75, 3.05) is 31.1 Å². The molecule has 2 aromatic rings. The third-order valence-electron chi connectivity index (χ3n) is 4.92. The predicted molar refractivity (Wildman–Crippen MR) is 103 cm³/mol. The Morgan fingerprint density at radius 2 is 1.74 bits per heavy atom. The Morgan fingerprint density at radius 3 is 2.37 bits per heavy atom. The van der Waals surface area contributed by atoms with Crippen LogP contribution >= 0.6 is 11.6 Å². The molecule has 1 aliphatic heterocycles. The van der Waals surface area contributed by atoms with Crippen molar-refractivity contribution in [1.82, 2.24) is 14.5 Å². The first-order valence-electron chi connectivity index (χ1n) is 8.51. The van der Waals surface area contributed by atoms with Crippen molar-refractivity contribution >= 4 is 27.4 Å². The molecule has 0 radical (unpaired) electrons. The number of nitrogens with zero attached hydrogens (tertiary/aromatic N) is 5. The second-order valence-corrected chi connectivity index (χ2v) is 8.79. The van der Waals surface area contributed by atoms with E-state index < -0.39 is 10.0 Å². The van der Waals surface area contributed by atoms with E-state index in [2.05, 4.69) is 16.3 Å². The first-order chi connectivity index (χ1) is 12.8. The highest BCUT2D eigenvalue weighted by Gasteiger charge is 2.31. The summed E-state index contributed by atoms with van der Waals surface area (Å²) in [6.45, 7) is 6.83. The van der Waals surface area contributed by atoms with Crippen molar-refractivity contribution in [3.05, 3.63) is 45.6 Å². The van der Waals surface area contributed by atoms with E-state index in [0.29, 0.717) is 53.8 Å². The minimum atomic E-state index is -3.63. The number of aryl methyl sites for hydroxylation is 1. The fraction of sp³-hybridized carbons (Fsp3) is 0.389. The van der Waals surface area contributed by atoms with Gasteiger partial charge in [0.25, 0.3) is 0 Å². The third kappa shape index (κ3) is 3.50. The zero-order chi connectivity index (χ0) is 19.8. The lowest BCUT2D eigenvalue weighted by Crippen LogP contribution is -2.49. The third-order valence-corrected chi connectivity index (χ3v) is 7.37.